The lowest BCUT2D eigenvalue weighted by molar-refractivity contribution is 0.0384. The predicted octanol–water partition coefficient (Wildman–Crippen LogP) is 3.30. The van der Waals surface area contributed by atoms with E-state index in [-0.39, 0.29) is 0 Å². The Morgan fingerprint density at radius 2 is 1.81 bits per heavy atom. The fourth-order valence-corrected chi connectivity index (χ4v) is 4.36. The van der Waals surface area contributed by atoms with Crippen molar-refractivity contribution in [1.29, 1.82) is 0 Å². The van der Waals surface area contributed by atoms with Gasteiger partial charge in [0.05, 0.1) is 24.4 Å². The minimum Gasteiger partial charge on any atom is -0.379 e. The molecule has 2 aromatic rings. The predicted molar refractivity (Wildman–Crippen MR) is 112 cm³/mol. The van der Waals surface area contributed by atoms with Crippen LogP contribution >= 0.6 is 11.6 Å². The maximum atomic E-state index is 6.65. The summed E-state index contributed by atoms with van der Waals surface area (Å²) in [4.78, 5) is 9.63. The normalized spacial score (nSPS) is 18.9. The second kappa shape index (κ2) is 9.20. The number of anilines is 1. The van der Waals surface area contributed by atoms with Crippen LogP contribution in [0.1, 0.15) is 24.8 Å². The van der Waals surface area contributed by atoms with Gasteiger partial charge in [-0.2, -0.15) is 0 Å². The van der Waals surface area contributed by atoms with Crippen molar-refractivity contribution < 1.29 is 4.74 Å². The first-order valence-electron chi connectivity index (χ1n) is 10.2. The van der Waals surface area contributed by atoms with Crippen LogP contribution in [0.4, 0.5) is 5.69 Å². The van der Waals surface area contributed by atoms with Crippen molar-refractivity contribution >= 4 is 28.2 Å². The molecule has 1 aromatic heterocycles. The second-order valence-electron chi connectivity index (χ2n) is 7.43. The van der Waals surface area contributed by atoms with E-state index in [0.717, 1.165) is 70.1 Å². The molecule has 146 valence electrons. The first-order valence-corrected chi connectivity index (χ1v) is 10.5. The van der Waals surface area contributed by atoms with E-state index in [0.29, 0.717) is 5.15 Å². The maximum absolute atomic E-state index is 6.65. The molecule has 1 N–H and O–H groups in total. The average molecular weight is 389 g/mol. The van der Waals surface area contributed by atoms with E-state index in [9.17, 15) is 0 Å². The van der Waals surface area contributed by atoms with Crippen molar-refractivity contribution in [3.63, 3.8) is 0 Å². The minimum atomic E-state index is 0.633. The number of ether oxygens (including phenoxy) is 1. The number of hydrogen-bond acceptors (Lipinski definition) is 5. The molecule has 0 spiro atoms. The summed E-state index contributed by atoms with van der Waals surface area (Å²) < 4.78 is 5.42. The molecule has 2 saturated heterocycles. The molecule has 4 rings (SSSR count). The molecule has 2 fully saturated rings. The number of fused-ring (bicyclic) bond motifs is 1. The summed E-state index contributed by atoms with van der Waals surface area (Å²) in [5, 5.41) is 5.45. The molecular formula is C21H29ClN4O. The van der Waals surface area contributed by atoms with Gasteiger partial charge in [-0.3, -0.25) is 4.90 Å². The van der Waals surface area contributed by atoms with Crippen LogP contribution in [-0.2, 0) is 11.3 Å². The monoisotopic (exact) mass is 388 g/mol. The molecule has 27 heavy (non-hydrogen) atoms. The molecule has 0 atom stereocenters. The van der Waals surface area contributed by atoms with Gasteiger partial charge in [-0.25, -0.2) is 4.98 Å². The van der Waals surface area contributed by atoms with Gasteiger partial charge in [-0.05, 0) is 25.3 Å². The van der Waals surface area contributed by atoms with Crippen LogP contribution in [0.3, 0.4) is 0 Å². The third kappa shape index (κ3) is 4.54. The number of nitrogens with zero attached hydrogens (tertiary/aromatic N) is 3. The number of piperidine rings is 1. The van der Waals surface area contributed by atoms with Crippen molar-refractivity contribution in [1.82, 2.24) is 15.2 Å². The van der Waals surface area contributed by atoms with Gasteiger partial charge in [-0.15, -0.1) is 0 Å². The molecule has 2 aliphatic heterocycles. The highest BCUT2D eigenvalue weighted by Crippen LogP contribution is 2.35. The van der Waals surface area contributed by atoms with Gasteiger partial charge in [0.1, 0.15) is 5.15 Å². The topological polar surface area (TPSA) is 40.6 Å². The van der Waals surface area contributed by atoms with Crippen molar-refractivity contribution in [2.45, 2.75) is 25.8 Å². The molecule has 0 saturated carbocycles. The standard InChI is InChI=1S/C21H29ClN4O/c22-21-18(16-23-8-11-25-12-14-27-15-13-25)20(26-9-4-1-5-10-26)17-6-2-3-7-19(17)24-21/h2-3,6-7,23H,1,4-5,8-16H2. The lowest BCUT2D eigenvalue weighted by Gasteiger charge is -2.32. The Labute approximate surface area is 166 Å². The van der Waals surface area contributed by atoms with E-state index in [1.54, 1.807) is 0 Å². The second-order valence-corrected chi connectivity index (χ2v) is 7.78. The number of para-hydroxylation sites is 1. The van der Waals surface area contributed by atoms with Gasteiger partial charge in [0.15, 0.2) is 0 Å². The Morgan fingerprint density at radius 3 is 2.63 bits per heavy atom. The van der Waals surface area contributed by atoms with Crippen LogP contribution in [0.5, 0.6) is 0 Å². The number of aromatic nitrogens is 1. The number of benzene rings is 1. The van der Waals surface area contributed by atoms with Crippen LogP contribution in [0.2, 0.25) is 5.15 Å². The Hall–Kier alpha value is -1.40. The summed E-state index contributed by atoms with van der Waals surface area (Å²) in [5.41, 5.74) is 3.41. The maximum Gasteiger partial charge on any atom is 0.136 e. The van der Waals surface area contributed by atoms with E-state index in [4.69, 9.17) is 16.3 Å². The van der Waals surface area contributed by atoms with E-state index in [1.165, 1.54) is 30.3 Å². The highest BCUT2D eigenvalue weighted by atomic mass is 35.5. The van der Waals surface area contributed by atoms with Crippen molar-refractivity contribution in [2.75, 3.05) is 57.4 Å². The third-order valence-electron chi connectivity index (χ3n) is 5.60. The molecule has 0 aliphatic carbocycles. The highest BCUT2D eigenvalue weighted by molar-refractivity contribution is 6.31. The number of pyridine rings is 1. The Morgan fingerprint density at radius 1 is 1.04 bits per heavy atom. The Bertz CT molecular complexity index is 757. The van der Waals surface area contributed by atoms with Gasteiger partial charge in [0.25, 0.3) is 0 Å². The van der Waals surface area contributed by atoms with E-state index < -0.39 is 0 Å². The lowest BCUT2D eigenvalue weighted by atomic mass is 10.0. The number of rotatable bonds is 6. The zero-order valence-corrected chi connectivity index (χ0v) is 16.7. The molecule has 0 unspecified atom stereocenters. The van der Waals surface area contributed by atoms with Crippen LogP contribution in [-0.4, -0.2) is 62.4 Å². The molecule has 5 nitrogen and oxygen atoms in total. The molecule has 3 heterocycles. The highest BCUT2D eigenvalue weighted by Gasteiger charge is 2.21. The number of morpholine rings is 1. The third-order valence-corrected chi connectivity index (χ3v) is 5.91. The smallest absolute Gasteiger partial charge is 0.136 e. The quantitative estimate of drug-likeness (QED) is 0.607. The Balaban J connectivity index is 1.52. The fourth-order valence-electron chi connectivity index (χ4n) is 4.12. The van der Waals surface area contributed by atoms with Crippen molar-refractivity contribution in [3.8, 4) is 0 Å². The summed E-state index contributed by atoms with van der Waals surface area (Å²) in [6.45, 7) is 8.70. The molecular weight excluding hydrogens is 360 g/mol. The van der Waals surface area contributed by atoms with Crippen LogP contribution < -0.4 is 10.2 Å². The van der Waals surface area contributed by atoms with Gasteiger partial charge in [0, 0.05) is 56.8 Å². The molecule has 6 heteroatoms. The average Bonchev–Trinajstić information content (AvgIpc) is 2.72. The Kier molecular flexibility index (Phi) is 6.45. The number of halogens is 1. The van der Waals surface area contributed by atoms with Gasteiger partial charge < -0.3 is 15.0 Å². The molecule has 0 bridgehead atoms. The molecule has 0 amide bonds. The zero-order chi connectivity index (χ0) is 18.5. The minimum absolute atomic E-state index is 0.633. The first-order chi connectivity index (χ1) is 13.3. The summed E-state index contributed by atoms with van der Waals surface area (Å²) in [6.07, 6.45) is 3.82. The van der Waals surface area contributed by atoms with E-state index >= 15 is 0 Å². The number of nitrogens with one attached hydrogen (secondary N) is 1. The van der Waals surface area contributed by atoms with E-state index in [1.807, 2.05) is 6.07 Å². The van der Waals surface area contributed by atoms with Gasteiger partial charge in [-0.1, -0.05) is 29.8 Å². The van der Waals surface area contributed by atoms with Gasteiger partial charge in [0.2, 0.25) is 0 Å². The lowest BCUT2D eigenvalue weighted by Crippen LogP contribution is -2.40. The molecule has 1 aromatic carbocycles. The summed E-state index contributed by atoms with van der Waals surface area (Å²) in [6, 6.07) is 8.37. The fraction of sp³-hybridized carbons (Fsp3) is 0.571. The molecule has 2 aliphatic rings. The van der Waals surface area contributed by atoms with Crippen LogP contribution in [0.15, 0.2) is 24.3 Å². The zero-order valence-electron chi connectivity index (χ0n) is 15.9. The van der Waals surface area contributed by atoms with Crippen LogP contribution in [0.25, 0.3) is 10.9 Å². The summed E-state index contributed by atoms with van der Waals surface area (Å²) in [7, 11) is 0. The van der Waals surface area contributed by atoms with E-state index in [2.05, 4.69) is 38.3 Å². The SMILES string of the molecule is Clc1nc2ccccc2c(N2CCCCC2)c1CNCCN1CCOCC1. The number of hydrogen-bond donors (Lipinski definition) is 1. The summed E-state index contributed by atoms with van der Waals surface area (Å²) in [5.74, 6) is 0. The largest absolute Gasteiger partial charge is 0.379 e. The van der Waals surface area contributed by atoms with Crippen molar-refractivity contribution in [3.05, 3.63) is 35.0 Å². The first kappa shape index (κ1) is 18.9. The van der Waals surface area contributed by atoms with Crippen LogP contribution in [0, 0.1) is 0 Å². The van der Waals surface area contributed by atoms with Gasteiger partial charge >= 0.3 is 0 Å². The summed E-state index contributed by atoms with van der Waals surface area (Å²) >= 11 is 6.65. The molecule has 0 radical (unpaired) electrons. The van der Waals surface area contributed by atoms with Crippen molar-refractivity contribution in [2.24, 2.45) is 0 Å².